The predicted molar refractivity (Wildman–Crippen MR) is 71.1 cm³/mol. The molecule has 0 aliphatic rings. The molecule has 0 spiro atoms. The van der Waals surface area contributed by atoms with Gasteiger partial charge in [0.2, 0.25) is 0 Å². The van der Waals surface area contributed by atoms with Crippen LogP contribution in [0, 0.1) is 0 Å². The van der Waals surface area contributed by atoms with E-state index in [1.165, 1.54) is 17.1 Å². The molecule has 0 fully saturated rings. The van der Waals surface area contributed by atoms with Crippen molar-refractivity contribution in [3.63, 3.8) is 0 Å². The van der Waals surface area contributed by atoms with Gasteiger partial charge in [0, 0.05) is 0 Å². The van der Waals surface area contributed by atoms with Gasteiger partial charge in [0.1, 0.15) is 0 Å². The van der Waals surface area contributed by atoms with Gasteiger partial charge >= 0.3 is 0 Å². The van der Waals surface area contributed by atoms with E-state index in [2.05, 4.69) is 54.6 Å². The summed E-state index contributed by atoms with van der Waals surface area (Å²) in [5.41, 5.74) is 8.74. The predicted octanol–water partition coefficient (Wildman–Crippen LogP) is 2.88. The topological polar surface area (TPSA) is 51.8 Å². The minimum atomic E-state index is -0.121. The Kier molecular flexibility index (Phi) is 3.26. The molecule has 2 N–H and O–H groups in total. The minimum Gasteiger partial charge on any atom is -0.320 e. The fourth-order valence-electron chi connectivity index (χ4n) is 1.67. The molecule has 1 aromatic heterocycles. The standard InChI is InChI=1S/C13H17N3S/c1-13(2,3)10-6-4-9(5-7-10)12(14)11-8-15-16-17-11/h4-8,12H,14H2,1-3H3. The summed E-state index contributed by atoms with van der Waals surface area (Å²) in [5, 5.41) is 3.81. The number of nitrogens with two attached hydrogens (primary N) is 1. The quantitative estimate of drug-likeness (QED) is 0.887. The van der Waals surface area contributed by atoms with Crippen LogP contribution in [0.1, 0.15) is 42.8 Å². The molecule has 0 saturated heterocycles. The summed E-state index contributed by atoms with van der Waals surface area (Å²) in [7, 11) is 0. The highest BCUT2D eigenvalue weighted by Crippen LogP contribution is 2.26. The van der Waals surface area contributed by atoms with Gasteiger partial charge in [-0.2, -0.15) is 0 Å². The first-order valence-electron chi connectivity index (χ1n) is 5.62. The van der Waals surface area contributed by atoms with Crippen molar-refractivity contribution in [2.75, 3.05) is 0 Å². The van der Waals surface area contributed by atoms with Gasteiger partial charge in [-0.25, -0.2) is 0 Å². The first kappa shape index (κ1) is 12.2. The Morgan fingerprint density at radius 3 is 2.29 bits per heavy atom. The van der Waals surface area contributed by atoms with E-state index in [-0.39, 0.29) is 11.5 Å². The van der Waals surface area contributed by atoms with E-state index < -0.39 is 0 Å². The van der Waals surface area contributed by atoms with Crippen LogP contribution in [-0.4, -0.2) is 9.59 Å². The summed E-state index contributed by atoms with van der Waals surface area (Å²) >= 11 is 1.35. The van der Waals surface area contributed by atoms with Gasteiger partial charge in [-0.3, -0.25) is 0 Å². The number of nitrogens with zero attached hydrogens (tertiary/aromatic N) is 2. The lowest BCUT2D eigenvalue weighted by atomic mass is 9.86. The first-order valence-corrected chi connectivity index (χ1v) is 6.39. The molecule has 4 heteroatoms. The molecular weight excluding hydrogens is 230 g/mol. The van der Waals surface area contributed by atoms with Crippen LogP contribution in [0.3, 0.4) is 0 Å². The van der Waals surface area contributed by atoms with Crippen LogP contribution in [0.4, 0.5) is 0 Å². The smallest absolute Gasteiger partial charge is 0.0678 e. The molecule has 0 amide bonds. The van der Waals surface area contributed by atoms with Crippen molar-refractivity contribution in [2.24, 2.45) is 5.73 Å². The number of benzene rings is 1. The Labute approximate surface area is 106 Å². The zero-order chi connectivity index (χ0) is 12.5. The van der Waals surface area contributed by atoms with Gasteiger partial charge in [-0.1, -0.05) is 49.5 Å². The van der Waals surface area contributed by atoms with Crippen molar-refractivity contribution >= 4 is 11.5 Å². The van der Waals surface area contributed by atoms with E-state index in [0.29, 0.717) is 0 Å². The number of aromatic nitrogens is 2. The second kappa shape index (κ2) is 4.55. The van der Waals surface area contributed by atoms with Gasteiger partial charge < -0.3 is 5.73 Å². The zero-order valence-corrected chi connectivity index (χ0v) is 11.2. The Balaban J connectivity index is 2.24. The average Bonchev–Trinajstić information content (AvgIpc) is 2.80. The third-order valence-electron chi connectivity index (χ3n) is 2.82. The summed E-state index contributed by atoms with van der Waals surface area (Å²) in [6, 6.07) is 8.34. The van der Waals surface area contributed by atoms with Crippen LogP contribution in [-0.2, 0) is 5.41 Å². The highest BCUT2D eigenvalue weighted by Gasteiger charge is 2.15. The molecule has 1 heterocycles. The minimum absolute atomic E-state index is 0.121. The summed E-state index contributed by atoms with van der Waals surface area (Å²) in [5.74, 6) is 0. The number of hydrogen-bond donors (Lipinski definition) is 1. The van der Waals surface area contributed by atoms with Crippen molar-refractivity contribution in [1.82, 2.24) is 9.59 Å². The molecule has 90 valence electrons. The molecule has 0 saturated carbocycles. The van der Waals surface area contributed by atoms with Crippen molar-refractivity contribution in [1.29, 1.82) is 0 Å². The largest absolute Gasteiger partial charge is 0.320 e. The van der Waals surface area contributed by atoms with Crippen LogP contribution in [0.2, 0.25) is 0 Å². The van der Waals surface area contributed by atoms with E-state index in [1.807, 2.05) is 0 Å². The summed E-state index contributed by atoms with van der Waals surface area (Å²) < 4.78 is 3.84. The molecule has 1 unspecified atom stereocenters. The summed E-state index contributed by atoms with van der Waals surface area (Å²) in [4.78, 5) is 0.994. The van der Waals surface area contributed by atoms with Gasteiger partial charge in [0.15, 0.2) is 0 Å². The van der Waals surface area contributed by atoms with E-state index >= 15 is 0 Å². The van der Waals surface area contributed by atoms with E-state index in [0.717, 1.165) is 10.4 Å². The van der Waals surface area contributed by atoms with Crippen LogP contribution in [0.15, 0.2) is 30.5 Å². The maximum atomic E-state index is 6.15. The van der Waals surface area contributed by atoms with Crippen molar-refractivity contribution < 1.29 is 0 Å². The summed E-state index contributed by atoms with van der Waals surface area (Å²) in [6.45, 7) is 6.61. The van der Waals surface area contributed by atoms with Gasteiger partial charge in [-0.05, 0) is 28.1 Å². The lowest BCUT2D eigenvalue weighted by Crippen LogP contribution is -2.13. The van der Waals surface area contributed by atoms with Crippen LogP contribution in [0.5, 0.6) is 0 Å². The highest BCUT2D eigenvalue weighted by atomic mass is 32.1. The van der Waals surface area contributed by atoms with Crippen LogP contribution in [0.25, 0.3) is 0 Å². The second-order valence-electron chi connectivity index (χ2n) is 5.17. The lowest BCUT2D eigenvalue weighted by Gasteiger charge is -2.20. The molecule has 2 rings (SSSR count). The molecule has 1 atom stereocenters. The molecule has 0 aliphatic carbocycles. The van der Waals surface area contributed by atoms with Gasteiger partial charge in [-0.15, -0.1) is 5.10 Å². The maximum Gasteiger partial charge on any atom is 0.0678 e. The fraction of sp³-hybridized carbons (Fsp3) is 0.385. The number of hydrogen-bond acceptors (Lipinski definition) is 4. The third kappa shape index (κ3) is 2.70. The summed E-state index contributed by atoms with van der Waals surface area (Å²) in [6.07, 6.45) is 1.73. The van der Waals surface area contributed by atoms with Gasteiger partial charge in [0.05, 0.1) is 17.1 Å². The molecular formula is C13H17N3S. The van der Waals surface area contributed by atoms with Crippen LogP contribution >= 0.6 is 11.5 Å². The number of rotatable bonds is 2. The normalized spacial score (nSPS) is 13.6. The third-order valence-corrected chi connectivity index (χ3v) is 3.57. The van der Waals surface area contributed by atoms with E-state index in [4.69, 9.17) is 5.73 Å². The monoisotopic (exact) mass is 247 g/mol. The van der Waals surface area contributed by atoms with E-state index in [1.54, 1.807) is 6.20 Å². The van der Waals surface area contributed by atoms with E-state index in [9.17, 15) is 0 Å². The van der Waals surface area contributed by atoms with Gasteiger partial charge in [0.25, 0.3) is 0 Å². The maximum absolute atomic E-state index is 6.15. The average molecular weight is 247 g/mol. The fourth-order valence-corrected chi connectivity index (χ4v) is 2.20. The Bertz CT molecular complexity index is 468. The van der Waals surface area contributed by atoms with Crippen molar-refractivity contribution in [3.8, 4) is 0 Å². The first-order chi connectivity index (χ1) is 7.98. The molecule has 3 nitrogen and oxygen atoms in total. The second-order valence-corrected chi connectivity index (χ2v) is 5.99. The molecule has 0 bridgehead atoms. The Morgan fingerprint density at radius 1 is 1.18 bits per heavy atom. The molecule has 2 aromatic rings. The van der Waals surface area contributed by atoms with Crippen LogP contribution < -0.4 is 5.73 Å². The zero-order valence-electron chi connectivity index (χ0n) is 10.3. The molecule has 0 aliphatic heterocycles. The Hall–Kier alpha value is -1.26. The lowest BCUT2D eigenvalue weighted by molar-refractivity contribution is 0.590. The highest BCUT2D eigenvalue weighted by molar-refractivity contribution is 7.05. The SMILES string of the molecule is CC(C)(C)c1ccc(C(N)c2cnns2)cc1. The Morgan fingerprint density at radius 2 is 1.82 bits per heavy atom. The molecule has 0 radical (unpaired) electrons. The molecule has 1 aromatic carbocycles. The molecule has 17 heavy (non-hydrogen) atoms. The van der Waals surface area contributed by atoms with Crippen molar-refractivity contribution in [2.45, 2.75) is 32.2 Å². The van der Waals surface area contributed by atoms with Crippen molar-refractivity contribution in [3.05, 3.63) is 46.5 Å².